The van der Waals surface area contributed by atoms with E-state index < -0.39 is 20.8 Å². The fourth-order valence-electron chi connectivity index (χ4n) is 0.394. The number of alkyl halides is 3. The minimum atomic E-state index is -4.42. The molecule has 0 aliphatic carbocycles. The second-order valence-electron chi connectivity index (χ2n) is 2.15. The van der Waals surface area contributed by atoms with E-state index in [1.54, 1.807) is 6.92 Å². The van der Waals surface area contributed by atoms with Crippen LogP contribution < -0.4 is 0 Å². The van der Waals surface area contributed by atoms with Gasteiger partial charge in [-0.2, -0.15) is 13.2 Å². The van der Waals surface area contributed by atoms with Gasteiger partial charge in [0.1, 0.15) is 6.61 Å². The number of hydrogen-bond donors (Lipinski definition) is 0. The largest absolute Gasteiger partial charge is 0.412 e. The van der Waals surface area contributed by atoms with E-state index in [2.05, 4.69) is 11.1 Å². The highest BCUT2D eigenvalue weighted by Crippen LogP contribution is 2.35. The van der Waals surface area contributed by atoms with E-state index in [0.717, 1.165) is 0 Å². The van der Waals surface area contributed by atoms with E-state index in [4.69, 9.17) is 0 Å². The van der Waals surface area contributed by atoms with E-state index >= 15 is 0 Å². The first-order chi connectivity index (χ1) is 5.37. The average Bonchev–Trinajstić information content (AvgIpc) is 1.97. The summed E-state index contributed by atoms with van der Waals surface area (Å²) >= 11 is 0. The molecule has 0 N–H and O–H groups in total. The summed E-state index contributed by atoms with van der Waals surface area (Å²) in [6.45, 7) is 3.50. The van der Waals surface area contributed by atoms with Gasteiger partial charge in [0.25, 0.3) is 0 Å². The third kappa shape index (κ3) is 5.38. The predicted molar refractivity (Wildman–Crippen MR) is 40.4 cm³/mol. The summed E-state index contributed by atoms with van der Waals surface area (Å²) in [6, 6.07) is 0. The van der Waals surface area contributed by atoms with Crippen molar-refractivity contribution in [2.45, 2.75) is 19.5 Å². The summed E-state index contributed by atoms with van der Waals surface area (Å²) in [5, 5.41) is 0.226. The fourth-order valence-corrected chi connectivity index (χ4v) is 1.18. The molecule has 0 heterocycles. The van der Waals surface area contributed by atoms with Crippen LogP contribution in [0.3, 0.4) is 0 Å². The van der Waals surface area contributed by atoms with Crippen LogP contribution in [0.2, 0.25) is 0 Å². The van der Waals surface area contributed by atoms with Gasteiger partial charge in [0, 0.05) is 5.31 Å². The minimum absolute atomic E-state index is 0.226. The monoisotopic (exact) mass is 202 g/mol. The van der Waals surface area contributed by atoms with Gasteiger partial charge in [-0.15, -0.1) is 0 Å². The van der Waals surface area contributed by atoms with E-state index in [9.17, 15) is 17.7 Å². The van der Waals surface area contributed by atoms with Crippen LogP contribution >= 0.6 is 8.03 Å². The van der Waals surface area contributed by atoms with Gasteiger partial charge in [-0.05, 0) is 6.42 Å². The normalized spacial score (nSPS) is 14.3. The van der Waals surface area contributed by atoms with Crippen molar-refractivity contribution in [3.8, 4) is 0 Å². The second kappa shape index (κ2) is 4.67. The molecule has 1 unspecified atom stereocenters. The first kappa shape index (κ1) is 11.7. The predicted octanol–water partition coefficient (Wildman–Crippen LogP) is 2.96. The summed E-state index contributed by atoms with van der Waals surface area (Å²) in [4.78, 5) is 0. The lowest BCUT2D eigenvalue weighted by atomic mass is 10.5. The quantitative estimate of drug-likeness (QED) is 0.655. The van der Waals surface area contributed by atoms with Crippen molar-refractivity contribution in [1.82, 2.24) is 0 Å². The molecule has 0 aliphatic rings. The molecule has 12 heavy (non-hydrogen) atoms. The molecule has 0 radical (unpaired) electrons. The lowest BCUT2D eigenvalue weighted by Gasteiger charge is -2.07. The Bertz CT molecular complexity index is 188. The second-order valence-corrected chi connectivity index (χ2v) is 3.72. The van der Waals surface area contributed by atoms with Crippen molar-refractivity contribution in [2.75, 3.05) is 6.61 Å². The van der Waals surface area contributed by atoms with Crippen molar-refractivity contribution >= 4 is 8.03 Å². The third-order valence-corrected chi connectivity index (χ3v) is 2.42. The molecule has 0 bridgehead atoms. The summed E-state index contributed by atoms with van der Waals surface area (Å²) in [7, 11) is -2.72. The highest BCUT2D eigenvalue weighted by atomic mass is 31.1. The molecule has 0 aromatic rings. The smallest absolute Gasteiger partial charge is 0.318 e. The van der Waals surface area contributed by atoms with Crippen LogP contribution in [-0.2, 0) is 9.09 Å². The zero-order valence-electron chi connectivity index (χ0n) is 6.57. The highest BCUT2D eigenvalue weighted by molar-refractivity contribution is 7.44. The maximum Gasteiger partial charge on any atom is 0.412 e. The topological polar surface area (TPSA) is 26.3 Å². The Morgan fingerprint density at radius 3 is 2.42 bits per heavy atom. The molecule has 0 spiro atoms. The Balaban J connectivity index is 3.80. The Kier molecular flexibility index (Phi) is 4.57. The summed E-state index contributed by atoms with van der Waals surface area (Å²) in [5.41, 5.74) is 0. The lowest BCUT2D eigenvalue weighted by Crippen LogP contribution is -2.14. The van der Waals surface area contributed by atoms with Gasteiger partial charge >= 0.3 is 6.18 Å². The standard InChI is InChI=1S/C6H10F3O2P/c1-3-5(2)12(10)11-4-6(7,8)9/h12H,2-4H2,1H3. The Morgan fingerprint density at radius 1 is 1.58 bits per heavy atom. The van der Waals surface area contributed by atoms with Gasteiger partial charge in [0.2, 0.25) is 8.03 Å². The molecule has 0 amide bonds. The maximum atomic E-state index is 11.5. The van der Waals surface area contributed by atoms with Gasteiger partial charge in [0.05, 0.1) is 0 Å². The highest BCUT2D eigenvalue weighted by Gasteiger charge is 2.28. The molecule has 0 saturated carbocycles. The minimum Gasteiger partial charge on any atom is -0.318 e. The first-order valence-corrected chi connectivity index (χ1v) is 4.60. The molecule has 72 valence electrons. The first-order valence-electron chi connectivity index (χ1n) is 3.28. The molecule has 0 aromatic heterocycles. The van der Waals surface area contributed by atoms with Crippen LogP contribution in [0.15, 0.2) is 11.9 Å². The van der Waals surface area contributed by atoms with Gasteiger partial charge in [-0.25, -0.2) is 0 Å². The maximum absolute atomic E-state index is 11.5. The Hall–Kier alpha value is -0.280. The number of halogens is 3. The molecule has 6 heteroatoms. The number of rotatable bonds is 4. The molecular formula is C6H10F3O2P. The van der Waals surface area contributed by atoms with E-state index in [1.807, 2.05) is 0 Å². The van der Waals surface area contributed by atoms with Gasteiger partial charge in [-0.1, -0.05) is 13.5 Å². The summed E-state index contributed by atoms with van der Waals surface area (Å²) in [6.07, 6.45) is -4.05. The van der Waals surface area contributed by atoms with Crippen molar-refractivity contribution in [2.24, 2.45) is 0 Å². The third-order valence-electron chi connectivity index (χ3n) is 1.08. The molecule has 0 aromatic carbocycles. The van der Waals surface area contributed by atoms with Crippen molar-refractivity contribution in [3.63, 3.8) is 0 Å². The van der Waals surface area contributed by atoms with E-state index in [1.165, 1.54) is 0 Å². The Morgan fingerprint density at radius 2 is 2.08 bits per heavy atom. The average molecular weight is 202 g/mol. The molecule has 0 saturated heterocycles. The van der Waals surface area contributed by atoms with Crippen molar-refractivity contribution in [1.29, 1.82) is 0 Å². The van der Waals surface area contributed by atoms with Gasteiger partial charge in [-0.3, -0.25) is 4.57 Å². The van der Waals surface area contributed by atoms with Crippen LogP contribution in [0.25, 0.3) is 0 Å². The van der Waals surface area contributed by atoms with Crippen LogP contribution in [-0.4, -0.2) is 12.8 Å². The molecular weight excluding hydrogens is 192 g/mol. The van der Waals surface area contributed by atoms with Crippen LogP contribution in [0.5, 0.6) is 0 Å². The van der Waals surface area contributed by atoms with E-state index in [-0.39, 0.29) is 5.31 Å². The van der Waals surface area contributed by atoms with Crippen LogP contribution in [0.1, 0.15) is 13.3 Å². The zero-order chi connectivity index (χ0) is 9.78. The van der Waals surface area contributed by atoms with Crippen molar-refractivity contribution in [3.05, 3.63) is 11.9 Å². The zero-order valence-corrected chi connectivity index (χ0v) is 7.57. The van der Waals surface area contributed by atoms with Crippen LogP contribution in [0.4, 0.5) is 13.2 Å². The molecule has 2 nitrogen and oxygen atoms in total. The van der Waals surface area contributed by atoms with Gasteiger partial charge in [0.15, 0.2) is 0 Å². The summed E-state index contributed by atoms with van der Waals surface area (Å²) < 4.78 is 49.4. The van der Waals surface area contributed by atoms with Crippen LogP contribution in [0, 0.1) is 0 Å². The molecule has 0 fully saturated rings. The van der Waals surface area contributed by atoms with E-state index in [0.29, 0.717) is 6.42 Å². The lowest BCUT2D eigenvalue weighted by molar-refractivity contribution is -0.152. The van der Waals surface area contributed by atoms with Crippen molar-refractivity contribution < 1.29 is 22.3 Å². The molecule has 0 rings (SSSR count). The Labute approximate surface area is 69.3 Å². The fraction of sp³-hybridized carbons (Fsp3) is 0.667. The SMILES string of the molecule is C=C(CC)[PH](=O)OCC(F)(F)F. The van der Waals surface area contributed by atoms with Gasteiger partial charge < -0.3 is 4.52 Å². The molecule has 0 aliphatic heterocycles. The number of hydrogen-bond acceptors (Lipinski definition) is 2. The molecule has 1 atom stereocenters. The number of allylic oxidation sites excluding steroid dienone is 1. The summed E-state index contributed by atoms with van der Waals surface area (Å²) in [5.74, 6) is 0.